The summed E-state index contributed by atoms with van der Waals surface area (Å²) in [6, 6.07) is 6.46. The molecule has 1 aromatic carbocycles. The number of rotatable bonds is 5. The van der Waals surface area contributed by atoms with Crippen LogP contribution in [0.2, 0.25) is 0 Å². The van der Waals surface area contributed by atoms with E-state index >= 15 is 0 Å². The van der Waals surface area contributed by atoms with E-state index in [1.54, 1.807) is 7.11 Å². The van der Waals surface area contributed by atoms with Crippen molar-refractivity contribution in [3.05, 3.63) is 29.3 Å². The second kappa shape index (κ2) is 6.59. The first-order valence-electron chi connectivity index (χ1n) is 7.59. The van der Waals surface area contributed by atoms with Crippen molar-refractivity contribution in [3.8, 4) is 5.75 Å². The van der Waals surface area contributed by atoms with Gasteiger partial charge in [0.25, 0.3) is 0 Å². The van der Waals surface area contributed by atoms with Gasteiger partial charge < -0.3 is 15.2 Å². The van der Waals surface area contributed by atoms with Gasteiger partial charge in [-0.05, 0) is 43.7 Å². The van der Waals surface area contributed by atoms with E-state index in [0.29, 0.717) is 18.5 Å². The fourth-order valence-corrected chi connectivity index (χ4v) is 3.14. The Morgan fingerprint density at radius 3 is 2.70 bits per heavy atom. The molecule has 2 N–H and O–H groups in total. The monoisotopic (exact) mass is 277 g/mol. The van der Waals surface area contributed by atoms with Crippen LogP contribution in [0.25, 0.3) is 0 Å². The number of benzene rings is 1. The Hall–Kier alpha value is -1.06. The zero-order valence-electron chi connectivity index (χ0n) is 13.0. The molecule has 1 aromatic rings. The van der Waals surface area contributed by atoms with E-state index in [-0.39, 0.29) is 0 Å². The largest absolute Gasteiger partial charge is 0.496 e. The fraction of sp³-hybridized carbons (Fsp3) is 0.647. The number of hydrogen-bond donors (Lipinski definition) is 2. The van der Waals surface area contributed by atoms with E-state index in [4.69, 9.17) is 4.74 Å². The van der Waals surface area contributed by atoms with Crippen molar-refractivity contribution < 1.29 is 9.84 Å². The van der Waals surface area contributed by atoms with Gasteiger partial charge in [0, 0.05) is 18.2 Å². The van der Waals surface area contributed by atoms with Gasteiger partial charge in [-0.25, -0.2) is 0 Å². The quantitative estimate of drug-likeness (QED) is 0.869. The highest BCUT2D eigenvalue weighted by atomic mass is 16.5. The third-order valence-corrected chi connectivity index (χ3v) is 4.78. The standard InChI is InChI=1S/C17H27NO2/c1-11-5-8-17(20-4)14(9-11)16(19)10-18-15-7-6-12(2)13(15)3/h5,8-9,12-13,15-16,18-19H,6-7,10H2,1-4H3. The molecule has 1 saturated carbocycles. The van der Waals surface area contributed by atoms with Gasteiger partial charge in [-0.1, -0.05) is 25.5 Å². The summed E-state index contributed by atoms with van der Waals surface area (Å²) in [5, 5.41) is 14.0. The Kier molecular flexibility index (Phi) is 5.06. The molecule has 20 heavy (non-hydrogen) atoms. The number of aryl methyl sites for hydroxylation is 1. The van der Waals surface area contributed by atoms with Crippen LogP contribution in [0.1, 0.15) is 43.9 Å². The second-order valence-corrected chi connectivity index (χ2v) is 6.19. The summed E-state index contributed by atoms with van der Waals surface area (Å²) < 4.78 is 5.34. The zero-order valence-corrected chi connectivity index (χ0v) is 13.0. The van der Waals surface area contributed by atoms with E-state index in [1.807, 2.05) is 25.1 Å². The van der Waals surface area contributed by atoms with E-state index < -0.39 is 6.10 Å². The Morgan fingerprint density at radius 1 is 1.35 bits per heavy atom. The van der Waals surface area contributed by atoms with Crippen molar-refractivity contribution in [1.82, 2.24) is 5.32 Å². The SMILES string of the molecule is COc1ccc(C)cc1C(O)CNC1CCC(C)C1C. The maximum absolute atomic E-state index is 10.4. The molecular formula is C17H27NO2. The molecule has 4 unspecified atom stereocenters. The molecule has 0 heterocycles. The fourth-order valence-electron chi connectivity index (χ4n) is 3.14. The lowest BCUT2D eigenvalue weighted by Crippen LogP contribution is -2.35. The summed E-state index contributed by atoms with van der Waals surface area (Å²) in [7, 11) is 1.65. The molecular weight excluding hydrogens is 250 g/mol. The number of methoxy groups -OCH3 is 1. The van der Waals surface area contributed by atoms with Crippen LogP contribution >= 0.6 is 0 Å². The first kappa shape index (κ1) is 15.3. The highest BCUT2D eigenvalue weighted by Gasteiger charge is 2.29. The summed E-state index contributed by atoms with van der Waals surface area (Å²) >= 11 is 0. The summed E-state index contributed by atoms with van der Waals surface area (Å²) in [5.41, 5.74) is 2.02. The zero-order chi connectivity index (χ0) is 14.7. The third-order valence-electron chi connectivity index (χ3n) is 4.78. The van der Waals surface area contributed by atoms with Crippen LogP contribution in [-0.4, -0.2) is 24.8 Å². The Morgan fingerprint density at radius 2 is 2.10 bits per heavy atom. The predicted molar refractivity (Wildman–Crippen MR) is 82.0 cm³/mol. The van der Waals surface area contributed by atoms with E-state index in [2.05, 4.69) is 19.2 Å². The van der Waals surface area contributed by atoms with Gasteiger partial charge in [-0.3, -0.25) is 0 Å². The molecule has 0 amide bonds. The number of nitrogens with one attached hydrogen (secondary N) is 1. The van der Waals surface area contributed by atoms with Gasteiger partial charge >= 0.3 is 0 Å². The molecule has 0 radical (unpaired) electrons. The lowest BCUT2D eigenvalue weighted by Gasteiger charge is -2.22. The van der Waals surface area contributed by atoms with Crippen molar-refractivity contribution in [2.45, 2.75) is 45.8 Å². The van der Waals surface area contributed by atoms with Crippen LogP contribution in [0.15, 0.2) is 18.2 Å². The highest BCUT2D eigenvalue weighted by molar-refractivity contribution is 5.38. The van der Waals surface area contributed by atoms with Crippen LogP contribution < -0.4 is 10.1 Å². The molecule has 2 rings (SSSR count). The lowest BCUT2D eigenvalue weighted by atomic mass is 9.97. The van der Waals surface area contributed by atoms with E-state index in [1.165, 1.54) is 12.8 Å². The maximum atomic E-state index is 10.4. The van der Waals surface area contributed by atoms with Gasteiger partial charge in [-0.2, -0.15) is 0 Å². The maximum Gasteiger partial charge on any atom is 0.124 e. The van der Waals surface area contributed by atoms with Crippen LogP contribution in [-0.2, 0) is 0 Å². The summed E-state index contributed by atoms with van der Waals surface area (Å²) in [4.78, 5) is 0. The summed E-state index contributed by atoms with van der Waals surface area (Å²) in [6.07, 6.45) is 1.97. The minimum absolute atomic E-state index is 0.520. The van der Waals surface area contributed by atoms with E-state index in [9.17, 15) is 5.11 Å². The van der Waals surface area contributed by atoms with E-state index in [0.717, 1.165) is 22.8 Å². The van der Waals surface area contributed by atoms with Gasteiger partial charge in [0.2, 0.25) is 0 Å². The molecule has 3 heteroatoms. The van der Waals surface area contributed by atoms with Crippen LogP contribution in [0.3, 0.4) is 0 Å². The van der Waals surface area contributed by atoms with Crippen LogP contribution in [0, 0.1) is 18.8 Å². The van der Waals surface area contributed by atoms with Crippen LogP contribution in [0.4, 0.5) is 0 Å². The van der Waals surface area contributed by atoms with Crippen LogP contribution in [0.5, 0.6) is 5.75 Å². The molecule has 3 nitrogen and oxygen atoms in total. The van der Waals surface area contributed by atoms with Crippen molar-refractivity contribution in [2.75, 3.05) is 13.7 Å². The normalized spacial score (nSPS) is 27.6. The first-order chi connectivity index (χ1) is 9.52. The molecule has 112 valence electrons. The van der Waals surface area contributed by atoms with Crippen molar-refractivity contribution in [2.24, 2.45) is 11.8 Å². The highest BCUT2D eigenvalue weighted by Crippen LogP contribution is 2.32. The van der Waals surface area contributed by atoms with Crippen molar-refractivity contribution in [1.29, 1.82) is 0 Å². The summed E-state index contributed by atoms with van der Waals surface area (Å²) in [6.45, 7) is 7.23. The number of ether oxygens (including phenoxy) is 1. The average molecular weight is 277 g/mol. The molecule has 1 fully saturated rings. The Balaban J connectivity index is 1.98. The summed E-state index contributed by atoms with van der Waals surface area (Å²) in [5.74, 6) is 2.22. The van der Waals surface area contributed by atoms with Gasteiger partial charge in [-0.15, -0.1) is 0 Å². The second-order valence-electron chi connectivity index (χ2n) is 6.19. The predicted octanol–water partition coefficient (Wildman–Crippen LogP) is 3.06. The molecule has 1 aliphatic carbocycles. The number of aliphatic hydroxyl groups excluding tert-OH is 1. The molecule has 0 aliphatic heterocycles. The molecule has 0 saturated heterocycles. The lowest BCUT2D eigenvalue weighted by molar-refractivity contribution is 0.162. The molecule has 0 bridgehead atoms. The smallest absolute Gasteiger partial charge is 0.124 e. The first-order valence-corrected chi connectivity index (χ1v) is 7.59. The van der Waals surface area contributed by atoms with Gasteiger partial charge in [0.05, 0.1) is 13.2 Å². The van der Waals surface area contributed by atoms with Gasteiger partial charge in [0.15, 0.2) is 0 Å². The molecule has 1 aliphatic rings. The average Bonchev–Trinajstić information content (AvgIpc) is 2.76. The Labute approximate surface area is 122 Å². The minimum Gasteiger partial charge on any atom is -0.496 e. The molecule has 0 spiro atoms. The minimum atomic E-state index is -0.520. The number of aliphatic hydroxyl groups is 1. The third kappa shape index (κ3) is 3.33. The molecule has 0 aromatic heterocycles. The molecule has 4 atom stereocenters. The van der Waals surface area contributed by atoms with Gasteiger partial charge in [0.1, 0.15) is 5.75 Å². The topological polar surface area (TPSA) is 41.5 Å². The number of hydrogen-bond acceptors (Lipinski definition) is 3. The van der Waals surface area contributed by atoms with Crippen molar-refractivity contribution in [3.63, 3.8) is 0 Å². The van der Waals surface area contributed by atoms with Crippen molar-refractivity contribution >= 4 is 0 Å². The Bertz CT molecular complexity index is 447.